The lowest BCUT2D eigenvalue weighted by atomic mass is 10.1. The summed E-state index contributed by atoms with van der Waals surface area (Å²) in [6, 6.07) is -4.15. The molecule has 0 spiro atoms. The molecule has 0 heterocycles. The van der Waals surface area contributed by atoms with Gasteiger partial charge in [-0.25, -0.2) is 4.79 Å². The average molecular weight is 449 g/mol. The Morgan fingerprint density at radius 3 is 1.87 bits per heavy atom. The molecule has 170 valence electrons. The fourth-order valence-corrected chi connectivity index (χ4v) is 2.70. The van der Waals surface area contributed by atoms with Gasteiger partial charge in [0.25, 0.3) is 0 Å². The van der Waals surface area contributed by atoms with Gasteiger partial charge in [-0.15, -0.1) is 0 Å². The van der Waals surface area contributed by atoms with Gasteiger partial charge in [-0.1, -0.05) is 0 Å². The fourth-order valence-electron chi connectivity index (χ4n) is 2.23. The molecule has 3 unspecified atom stereocenters. The lowest BCUT2D eigenvalue weighted by molar-refractivity contribution is -0.147. The summed E-state index contributed by atoms with van der Waals surface area (Å²) in [7, 11) is 0. The molecule has 0 aromatic heterocycles. The Kier molecular flexibility index (Phi) is 12.8. The molecule has 0 aliphatic carbocycles. The van der Waals surface area contributed by atoms with Crippen molar-refractivity contribution in [2.24, 2.45) is 11.5 Å². The molecule has 0 aliphatic rings. The lowest BCUT2D eigenvalue weighted by Gasteiger charge is -2.24. The maximum Gasteiger partial charge on any atom is 0.326 e. The third-order valence-corrected chi connectivity index (χ3v) is 4.40. The van der Waals surface area contributed by atoms with Gasteiger partial charge in [-0.05, 0) is 24.9 Å². The van der Waals surface area contributed by atoms with Crippen LogP contribution in [0.2, 0.25) is 0 Å². The molecule has 0 aromatic rings. The number of carboxylic acid groups (broad SMARTS) is 2. The molecule has 0 aliphatic heterocycles. The first kappa shape index (κ1) is 27.1. The van der Waals surface area contributed by atoms with Crippen LogP contribution in [0.4, 0.5) is 0 Å². The number of hydrogen-bond donors (Lipinski definition) is 7. The number of carbonyl (C=O) groups excluding carboxylic acids is 4. The zero-order chi connectivity index (χ0) is 23.3. The van der Waals surface area contributed by atoms with Gasteiger partial charge in [0.05, 0.1) is 13.0 Å². The quantitative estimate of drug-likeness (QED) is 0.134. The van der Waals surface area contributed by atoms with E-state index in [-0.39, 0.29) is 25.8 Å². The third-order valence-electron chi connectivity index (χ3n) is 3.75. The summed E-state index contributed by atoms with van der Waals surface area (Å²) < 4.78 is 0. The first-order valence-electron chi connectivity index (χ1n) is 8.83. The number of primary amides is 1. The number of amides is 4. The van der Waals surface area contributed by atoms with Crippen molar-refractivity contribution in [3.8, 4) is 0 Å². The summed E-state index contributed by atoms with van der Waals surface area (Å²) in [5, 5.41) is 24.6. The second kappa shape index (κ2) is 14.2. The molecule has 0 radical (unpaired) electrons. The fraction of sp³-hybridized carbons (Fsp3) is 0.625. The molecule has 3 atom stereocenters. The minimum absolute atomic E-state index is 0.222. The summed E-state index contributed by atoms with van der Waals surface area (Å²) >= 11 is 1.41. The minimum Gasteiger partial charge on any atom is -0.481 e. The summed E-state index contributed by atoms with van der Waals surface area (Å²) in [4.78, 5) is 69.6. The number of hydrogen-bond acceptors (Lipinski definition) is 8. The van der Waals surface area contributed by atoms with Gasteiger partial charge >= 0.3 is 11.9 Å². The van der Waals surface area contributed by atoms with Crippen molar-refractivity contribution in [2.45, 2.75) is 43.8 Å². The first-order valence-corrected chi connectivity index (χ1v) is 10.2. The number of aliphatic carboxylic acids is 2. The Balaban J connectivity index is 5.40. The summed E-state index contributed by atoms with van der Waals surface area (Å²) in [5.41, 5.74) is 10.3. The molecule has 0 saturated heterocycles. The van der Waals surface area contributed by atoms with Gasteiger partial charge in [0, 0.05) is 6.42 Å². The highest BCUT2D eigenvalue weighted by Gasteiger charge is 2.30. The van der Waals surface area contributed by atoms with Crippen molar-refractivity contribution in [3.05, 3.63) is 0 Å². The first-order chi connectivity index (χ1) is 14.0. The second-order valence-corrected chi connectivity index (χ2v) is 7.15. The van der Waals surface area contributed by atoms with E-state index in [1.165, 1.54) is 11.8 Å². The smallest absolute Gasteiger partial charge is 0.326 e. The van der Waals surface area contributed by atoms with Gasteiger partial charge in [0.15, 0.2) is 0 Å². The second-order valence-electron chi connectivity index (χ2n) is 6.17. The molecule has 30 heavy (non-hydrogen) atoms. The number of carboxylic acids is 2. The molecule has 9 N–H and O–H groups in total. The third kappa shape index (κ3) is 11.2. The van der Waals surface area contributed by atoms with Crippen molar-refractivity contribution < 1.29 is 39.0 Å². The normalized spacial score (nSPS) is 13.4. The van der Waals surface area contributed by atoms with E-state index in [0.717, 1.165) is 0 Å². The number of thioether (sulfide) groups is 1. The molecule has 0 bridgehead atoms. The lowest BCUT2D eigenvalue weighted by Crippen LogP contribution is -2.56. The molecular formula is C16H27N5O8S. The molecule has 0 aromatic carbocycles. The van der Waals surface area contributed by atoms with Gasteiger partial charge in [0.1, 0.15) is 18.1 Å². The van der Waals surface area contributed by atoms with Crippen LogP contribution in [0.15, 0.2) is 0 Å². The Bertz CT molecular complexity index is 660. The maximum absolute atomic E-state index is 12.6. The van der Waals surface area contributed by atoms with Crippen molar-refractivity contribution in [1.82, 2.24) is 16.0 Å². The predicted octanol–water partition coefficient (Wildman–Crippen LogP) is -3.02. The van der Waals surface area contributed by atoms with E-state index in [9.17, 15) is 28.8 Å². The monoisotopic (exact) mass is 449 g/mol. The standard InChI is InChI=1S/C16H27N5O8S/c1-30-5-4-9(19-12(23)7-17)15(27)20-8(2-3-11(18)22)14(26)21-10(16(28)29)6-13(24)25/h8-10H,2-7,17H2,1H3,(H2,18,22)(H,19,23)(H,20,27)(H,21,26)(H,24,25)(H,28,29). The van der Waals surface area contributed by atoms with Crippen molar-refractivity contribution >= 4 is 47.3 Å². The van der Waals surface area contributed by atoms with Crippen LogP contribution >= 0.6 is 11.8 Å². The summed E-state index contributed by atoms with van der Waals surface area (Å²) in [6.45, 7) is -0.357. The summed E-state index contributed by atoms with van der Waals surface area (Å²) in [6.07, 6.45) is 0.559. The van der Waals surface area contributed by atoms with Crippen LogP contribution in [0.1, 0.15) is 25.7 Å². The van der Waals surface area contributed by atoms with E-state index in [1.54, 1.807) is 6.26 Å². The van der Waals surface area contributed by atoms with Crippen LogP contribution in [0.3, 0.4) is 0 Å². The van der Waals surface area contributed by atoms with Crippen LogP contribution in [-0.4, -0.2) is 82.5 Å². The molecular weight excluding hydrogens is 422 g/mol. The molecule has 4 amide bonds. The SMILES string of the molecule is CSCCC(NC(=O)CN)C(=O)NC(CCC(N)=O)C(=O)NC(CC(=O)O)C(=O)O. The van der Waals surface area contributed by atoms with Crippen molar-refractivity contribution in [3.63, 3.8) is 0 Å². The van der Waals surface area contributed by atoms with Crippen molar-refractivity contribution in [1.29, 1.82) is 0 Å². The molecule has 0 fully saturated rings. The van der Waals surface area contributed by atoms with Crippen LogP contribution in [0, 0.1) is 0 Å². The Hall–Kier alpha value is -2.87. The Morgan fingerprint density at radius 2 is 1.43 bits per heavy atom. The van der Waals surface area contributed by atoms with Crippen LogP contribution in [0.5, 0.6) is 0 Å². The highest BCUT2D eigenvalue weighted by Crippen LogP contribution is 2.05. The number of nitrogens with one attached hydrogen (secondary N) is 3. The molecule has 13 nitrogen and oxygen atoms in total. The van der Waals surface area contributed by atoms with E-state index in [1.807, 2.05) is 5.32 Å². The summed E-state index contributed by atoms with van der Waals surface area (Å²) in [5.74, 6) is -5.66. The largest absolute Gasteiger partial charge is 0.481 e. The van der Waals surface area contributed by atoms with Crippen molar-refractivity contribution in [2.75, 3.05) is 18.6 Å². The maximum atomic E-state index is 12.6. The molecule has 0 saturated carbocycles. The van der Waals surface area contributed by atoms with E-state index in [4.69, 9.17) is 21.7 Å². The van der Waals surface area contributed by atoms with Crippen LogP contribution in [-0.2, 0) is 28.8 Å². The Labute approximate surface area is 176 Å². The average Bonchev–Trinajstić information content (AvgIpc) is 2.66. The highest BCUT2D eigenvalue weighted by atomic mass is 32.2. The van der Waals surface area contributed by atoms with E-state index < -0.39 is 60.1 Å². The predicted molar refractivity (Wildman–Crippen MR) is 106 cm³/mol. The highest BCUT2D eigenvalue weighted by molar-refractivity contribution is 7.98. The van der Waals surface area contributed by atoms with E-state index >= 15 is 0 Å². The number of nitrogens with two attached hydrogens (primary N) is 2. The Morgan fingerprint density at radius 1 is 0.900 bits per heavy atom. The van der Waals surface area contributed by atoms with Gasteiger partial charge < -0.3 is 37.6 Å². The van der Waals surface area contributed by atoms with E-state index in [0.29, 0.717) is 5.75 Å². The molecule has 14 heteroatoms. The van der Waals surface area contributed by atoms with Gasteiger partial charge in [-0.3, -0.25) is 24.0 Å². The molecule has 0 rings (SSSR count). The topological polar surface area (TPSA) is 231 Å². The zero-order valence-electron chi connectivity index (χ0n) is 16.4. The van der Waals surface area contributed by atoms with Gasteiger partial charge in [0.2, 0.25) is 23.6 Å². The minimum atomic E-state index is -1.74. The van der Waals surface area contributed by atoms with Gasteiger partial charge in [-0.2, -0.15) is 11.8 Å². The number of carbonyl (C=O) groups is 6. The van der Waals surface area contributed by atoms with Crippen LogP contribution in [0.25, 0.3) is 0 Å². The number of rotatable bonds is 15. The van der Waals surface area contributed by atoms with Crippen LogP contribution < -0.4 is 27.4 Å². The zero-order valence-corrected chi connectivity index (χ0v) is 17.2. The van der Waals surface area contributed by atoms with E-state index in [2.05, 4.69) is 10.6 Å².